The van der Waals surface area contributed by atoms with Crippen LogP contribution in [0.25, 0.3) is 16.7 Å². The minimum Gasteiger partial charge on any atom is -0.328 e. The summed E-state index contributed by atoms with van der Waals surface area (Å²) in [4.78, 5) is 0. The van der Waals surface area contributed by atoms with Crippen LogP contribution in [0, 0.1) is 6.92 Å². The van der Waals surface area contributed by atoms with Gasteiger partial charge >= 0.3 is 0 Å². The van der Waals surface area contributed by atoms with E-state index < -0.39 is 0 Å². The maximum Gasteiger partial charge on any atom is 0.113 e. The Balaban J connectivity index is 2.13. The number of rotatable bonds is 3. The first kappa shape index (κ1) is 12.8. The van der Waals surface area contributed by atoms with Crippen LogP contribution in [0.2, 0.25) is 0 Å². The molecule has 4 heteroatoms. The molecule has 0 aliphatic rings. The summed E-state index contributed by atoms with van der Waals surface area (Å²) in [5.74, 6) is 0. The van der Waals surface area contributed by atoms with Crippen LogP contribution < -0.4 is 5.73 Å². The molecule has 1 atom stereocenters. The van der Waals surface area contributed by atoms with E-state index in [-0.39, 0.29) is 6.04 Å². The van der Waals surface area contributed by atoms with Crippen LogP contribution in [-0.2, 0) is 6.42 Å². The van der Waals surface area contributed by atoms with E-state index >= 15 is 0 Å². The van der Waals surface area contributed by atoms with E-state index in [1.54, 1.807) is 0 Å². The molecule has 3 aromatic rings. The normalized spacial score (nSPS) is 12.8. The van der Waals surface area contributed by atoms with Gasteiger partial charge in [0.05, 0.1) is 11.2 Å². The molecule has 0 saturated carbocycles. The number of nitrogens with two attached hydrogens (primary N) is 1. The summed E-state index contributed by atoms with van der Waals surface area (Å²) in [6.07, 6.45) is 0.861. The van der Waals surface area contributed by atoms with Crippen molar-refractivity contribution in [3.63, 3.8) is 0 Å². The van der Waals surface area contributed by atoms with Crippen LogP contribution in [-0.4, -0.2) is 21.0 Å². The van der Waals surface area contributed by atoms with Crippen LogP contribution in [0.15, 0.2) is 42.5 Å². The smallest absolute Gasteiger partial charge is 0.113 e. The third kappa shape index (κ3) is 2.30. The Morgan fingerprint density at radius 3 is 2.80 bits per heavy atom. The molecular formula is C16H18N4. The summed E-state index contributed by atoms with van der Waals surface area (Å²) in [7, 11) is 0. The molecule has 1 unspecified atom stereocenters. The number of fused-ring (bicyclic) bond motifs is 1. The lowest BCUT2D eigenvalue weighted by atomic mass is 10.0. The summed E-state index contributed by atoms with van der Waals surface area (Å²) >= 11 is 0. The van der Waals surface area contributed by atoms with Crippen molar-refractivity contribution in [1.29, 1.82) is 0 Å². The lowest BCUT2D eigenvalue weighted by Crippen LogP contribution is -2.18. The lowest BCUT2D eigenvalue weighted by Gasteiger charge is -2.11. The van der Waals surface area contributed by atoms with Crippen molar-refractivity contribution < 1.29 is 0 Å². The minimum atomic E-state index is 0.151. The van der Waals surface area contributed by atoms with Crippen LogP contribution in [0.5, 0.6) is 0 Å². The van der Waals surface area contributed by atoms with Crippen LogP contribution in [0.1, 0.15) is 18.1 Å². The number of nitrogens with zero attached hydrogens (tertiary/aromatic N) is 3. The van der Waals surface area contributed by atoms with Gasteiger partial charge in [-0.15, -0.1) is 5.10 Å². The number of hydrogen-bond donors (Lipinski definition) is 1. The molecule has 1 heterocycles. The highest BCUT2D eigenvalue weighted by molar-refractivity contribution is 5.76. The molecular weight excluding hydrogens is 248 g/mol. The molecule has 0 fully saturated rings. The van der Waals surface area contributed by atoms with E-state index in [0.29, 0.717) is 0 Å². The third-order valence-corrected chi connectivity index (χ3v) is 3.41. The maximum absolute atomic E-state index is 5.89. The first-order chi connectivity index (χ1) is 9.65. The van der Waals surface area contributed by atoms with E-state index in [9.17, 15) is 0 Å². The van der Waals surface area contributed by atoms with Gasteiger partial charge in [-0.1, -0.05) is 29.5 Å². The van der Waals surface area contributed by atoms with Crippen molar-refractivity contribution in [2.45, 2.75) is 26.3 Å². The number of aromatic nitrogens is 3. The number of benzene rings is 2. The molecule has 2 aromatic carbocycles. The van der Waals surface area contributed by atoms with Gasteiger partial charge in [-0.05, 0) is 49.6 Å². The molecule has 4 nitrogen and oxygen atoms in total. The Morgan fingerprint density at radius 1 is 1.20 bits per heavy atom. The molecule has 0 saturated heterocycles. The third-order valence-electron chi connectivity index (χ3n) is 3.41. The second kappa shape index (κ2) is 5.06. The van der Waals surface area contributed by atoms with Crippen molar-refractivity contribution in [2.75, 3.05) is 0 Å². The van der Waals surface area contributed by atoms with Crippen LogP contribution in [0.4, 0.5) is 0 Å². The summed E-state index contributed by atoms with van der Waals surface area (Å²) in [6.45, 7) is 4.10. The van der Waals surface area contributed by atoms with Crippen molar-refractivity contribution in [3.8, 4) is 5.69 Å². The topological polar surface area (TPSA) is 56.7 Å². The quantitative estimate of drug-likeness (QED) is 0.792. The van der Waals surface area contributed by atoms with Crippen molar-refractivity contribution in [2.24, 2.45) is 5.73 Å². The predicted octanol–water partition coefficient (Wildman–Crippen LogP) is 2.62. The largest absolute Gasteiger partial charge is 0.328 e. The van der Waals surface area contributed by atoms with Crippen molar-refractivity contribution in [1.82, 2.24) is 15.0 Å². The summed E-state index contributed by atoms with van der Waals surface area (Å²) in [6, 6.07) is 14.5. The summed E-state index contributed by atoms with van der Waals surface area (Å²) < 4.78 is 1.90. The number of aryl methyl sites for hydroxylation is 1. The first-order valence-corrected chi connectivity index (χ1v) is 6.81. The molecule has 20 heavy (non-hydrogen) atoms. The average Bonchev–Trinajstić information content (AvgIpc) is 2.84. The molecule has 0 spiro atoms. The molecule has 102 valence electrons. The zero-order valence-corrected chi connectivity index (χ0v) is 11.7. The fourth-order valence-corrected chi connectivity index (χ4v) is 2.43. The fraction of sp³-hybridized carbons (Fsp3) is 0.250. The number of hydrogen-bond acceptors (Lipinski definition) is 3. The zero-order chi connectivity index (χ0) is 14.1. The predicted molar refractivity (Wildman–Crippen MR) is 81.0 cm³/mol. The van der Waals surface area contributed by atoms with Gasteiger partial charge in [-0.2, -0.15) is 0 Å². The highest BCUT2D eigenvalue weighted by Crippen LogP contribution is 2.20. The highest BCUT2D eigenvalue weighted by atomic mass is 15.4. The van der Waals surface area contributed by atoms with Crippen LogP contribution >= 0.6 is 0 Å². The SMILES string of the molecule is Cc1ccc(CC(C)N)cc1-n1nnc2ccccc21. The highest BCUT2D eigenvalue weighted by Gasteiger charge is 2.09. The van der Waals surface area contributed by atoms with Gasteiger partial charge < -0.3 is 5.73 Å². The molecule has 0 bridgehead atoms. The lowest BCUT2D eigenvalue weighted by molar-refractivity contribution is 0.735. The van der Waals surface area contributed by atoms with E-state index in [1.165, 1.54) is 11.1 Å². The van der Waals surface area contributed by atoms with E-state index in [4.69, 9.17) is 5.73 Å². The van der Waals surface area contributed by atoms with Gasteiger partial charge in [0.1, 0.15) is 5.52 Å². The van der Waals surface area contributed by atoms with Gasteiger partial charge in [0.25, 0.3) is 0 Å². The summed E-state index contributed by atoms with van der Waals surface area (Å²) in [5.41, 5.74) is 11.3. The van der Waals surface area contributed by atoms with Crippen LogP contribution in [0.3, 0.4) is 0 Å². The molecule has 0 radical (unpaired) electrons. The first-order valence-electron chi connectivity index (χ1n) is 6.81. The molecule has 3 rings (SSSR count). The fourth-order valence-electron chi connectivity index (χ4n) is 2.43. The minimum absolute atomic E-state index is 0.151. The van der Waals surface area contributed by atoms with E-state index in [0.717, 1.165) is 23.1 Å². The maximum atomic E-state index is 5.89. The monoisotopic (exact) mass is 266 g/mol. The van der Waals surface area contributed by atoms with Gasteiger partial charge in [0, 0.05) is 6.04 Å². The number of para-hydroxylation sites is 1. The molecule has 0 amide bonds. The second-order valence-electron chi connectivity index (χ2n) is 5.29. The molecule has 2 N–H and O–H groups in total. The summed E-state index contributed by atoms with van der Waals surface area (Å²) in [5, 5.41) is 8.50. The Labute approximate surface area is 118 Å². The Morgan fingerprint density at radius 2 is 2.00 bits per heavy atom. The molecule has 0 aliphatic carbocycles. The molecule has 1 aromatic heterocycles. The second-order valence-corrected chi connectivity index (χ2v) is 5.29. The Bertz CT molecular complexity index is 743. The zero-order valence-electron chi connectivity index (χ0n) is 11.7. The van der Waals surface area contributed by atoms with E-state index in [2.05, 4.69) is 35.4 Å². The van der Waals surface area contributed by atoms with Gasteiger partial charge in [-0.25, -0.2) is 4.68 Å². The molecule has 0 aliphatic heterocycles. The van der Waals surface area contributed by atoms with Gasteiger partial charge in [0.2, 0.25) is 0 Å². The average molecular weight is 266 g/mol. The standard InChI is InChI=1S/C16H18N4/c1-11-7-8-13(9-12(2)17)10-16(11)20-15-6-4-3-5-14(15)18-19-20/h3-8,10,12H,9,17H2,1-2H3. The van der Waals surface area contributed by atoms with E-state index in [1.807, 2.05) is 35.9 Å². The van der Waals surface area contributed by atoms with Crippen molar-refractivity contribution in [3.05, 3.63) is 53.6 Å². The van der Waals surface area contributed by atoms with Gasteiger partial charge in [0.15, 0.2) is 0 Å². The van der Waals surface area contributed by atoms with Gasteiger partial charge in [-0.3, -0.25) is 0 Å². The Kier molecular flexibility index (Phi) is 3.24. The Hall–Kier alpha value is -2.20. The van der Waals surface area contributed by atoms with Crippen molar-refractivity contribution >= 4 is 11.0 Å².